The van der Waals surface area contributed by atoms with Crippen molar-refractivity contribution in [2.75, 3.05) is 51.8 Å². The van der Waals surface area contributed by atoms with Gasteiger partial charge in [-0.1, -0.05) is 0 Å². The van der Waals surface area contributed by atoms with Gasteiger partial charge in [0, 0.05) is 32.7 Å². The first-order valence-corrected chi connectivity index (χ1v) is 9.43. The van der Waals surface area contributed by atoms with Gasteiger partial charge in [0.25, 0.3) is 0 Å². The Bertz CT molecular complexity index is 302. The normalized spacial score (nSPS) is 24.6. The van der Waals surface area contributed by atoms with Gasteiger partial charge in [-0.05, 0) is 57.2 Å². The van der Waals surface area contributed by atoms with Crippen molar-refractivity contribution in [3.05, 3.63) is 0 Å². The van der Waals surface area contributed by atoms with Crippen LogP contribution in [0.25, 0.3) is 0 Å². The number of rotatable bonds is 6. The fourth-order valence-corrected chi connectivity index (χ4v) is 3.74. The molecule has 116 valence electrons. The molecule has 0 aromatic rings. The number of hydrogen-bond acceptors (Lipinski definition) is 3. The average molecular weight is 299 g/mol. The molecule has 0 bridgehead atoms. The van der Waals surface area contributed by atoms with Crippen molar-refractivity contribution < 1.29 is 0 Å². The Kier molecular flexibility index (Phi) is 7.00. The van der Waals surface area contributed by atoms with Crippen LogP contribution in [0.3, 0.4) is 0 Å². The molecule has 2 aliphatic rings. The van der Waals surface area contributed by atoms with Crippen LogP contribution in [0.1, 0.15) is 32.1 Å². The maximum Gasteiger partial charge on any atom is 0.193 e. The van der Waals surface area contributed by atoms with Crippen LogP contribution in [0.15, 0.2) is 4.99 Å². The summed E-state index contributed by atoms with van der Waals surface area (Å²) in [6.45, 7) is 5.98. The Labute approximate surface area is 128 Å². The molecule has 0 aromatic carbocycles. The summed E-state index contributed by atoms with van der Waals surface area (Å²) in [5, 5.41) is 3.53. The monoisotopic (exact) mass is 298 g/mol. The lowest BCUT2D eigenvalue weighted by molar-refractivity contribution is 0.249. The Hall–Kier alpha value is -0.420. The van der Waals surface area contributed by atoms with Gasteiger partial charge in [-0.25, -0.2) is 0 Å². The number of hydrogen-bond donors (Lipinski definition) is 1. The third-order valence-electron chi connectivity index (χ3n) is 4.39. The lowest BCUT2D eigenvalue weighted by atomic mass is 10.2. The van der Waals surface area contributed by atoms with Crippen LogP contribution < -0.4 is 5.32 Å². The Morgan fingerprint density at radius 1 is 1.25 bits per heavy atom. The van der Waals surface area contributed by atoms with Gasteiger partial charge in [0.1, 0.15) is 0 Å². The minimum Gasteiger partial charge on any atom is -0.356 e. The minimum atomic E-state index is 0.757. The van der Waals surface area contributed by atoms with E-state index in [0.717, 1.165) is 31.6 Å². The molecule has 0 radical (unpaired) electrons. The smallest absolute Gasteiger partial charge is 0.193 e. The molecule has 2 saturated heterocycles. The zero-order valence-electron chi connectivity index (χ0n) is 13.1. The largest absolute Gasteiger partial charge is 0.356 e. The van der Waals surface area contributed by atoms with Crippen LogP contribution in [-0.2, 0) is 0 Å². The highest BCUT2D eigenvalue weighted by molar-refractivity contribution is 7.98. The van der Waals surface area contributed by atoms with E-state index in [0.29, 0.717) is 0 Å². The lowest BCUT2D eigenvalue weighted by Crippen LogP contribution is -2.43. The summed E-state index contributed by atoms with van der Waals surface area (Å²) < 4.78 is 0. The number of likely N-dealkylation sites (tertiary alicyclic amines) is 2. The predicted molar refractivity (Wildman–Crippen MR) is 89.8 cm³/mol. The van der Waals surface area contributed by atoms with Crippen molar-refractivity contribution in [2.24, 2.45) is 4.99 Å². The molecule has 0 aliphatic carbocycles. The van der Waals surface area contributed by atoms with E-state index < -0.39 is 0 Å². The summed E-state index contributed by atoms with van der Waals surface area (Å²) in [6, 6.07) is 0.757. The standard InChI is InChI=1S/C15H30N4S/c1-16-15(17-8-3-6-12-20-2)19-11-7-14(13-19)18-9-4-5-10-18/h14H,3-13H2,1-2H3,(H,16,17). The van der Waals surface area contributed by atoms with Crippen LogP contribution in [0.4, 0.5) is 0 Å². The van der Waals surface area contributed by atoms with E-state index in [9.17, 15) is 0 Å². The first-order chi connectivity index (χ1) is 9.85. The van der Waals surface area contributed by atoms with Crippen LogP contribution in [-0.4, -0.2) is 73.6 Å². The van der Waals surface area contributed by atoms with Gasteiger partial charge in [0.2, 0.25) is 0 Å². The summed E-state index contributed by atoms with van der Waals surface area (Å²) in [7, 11) is 1.91. The third kappa shape index (κ3) is 4.55. The Morgan fingerprint density at radius 2 is 2.05 bits per heavy atom. The summed E-state index contributed by atoms with van der Waals surface area (Å²) in [5.41, 5.74) is 0. The molecule has 2 aliphatic heterocycles. The molecular weight excluding hydrogens is 268 g/mol. The van der Waals surface area contributed by atoms with E-state index in [1.807, 2.05) is 18.8 Å². The Morgan fingerprint density at radius 3 is 2.75 bits per heavy atom. The highest BCUT2D eigenvalue weighted by Crippen LogP contribution is 2.20. The number of guanidine groups is 1. The highest BCUT2D eigenvalue weighted by atomic mass is 32.2. The second kappa shape index (κ2) is 8.78. The SMILES string of the molecule is CN=C(NCCCCSC)N1CCC(N2CCCC2)C1. The summed E-state index contributed by atoms with van der Waals surface area (Å²) >= 11 is 1.93. The molecule has 0 spiro atoms. The van der Waals surface area contributed by atoms with Crippen molar-refractivity contribution in [1.82, 2.24) is 15.1 Å². The van der Waals surface area contributed by atoms with Crippen molar-refractivity contribution in [3.8, 4) is 0 Å². The molecule has 2 heterocycles. The first-order valence-electron chi connectivity index (χ1n) is 8.03. The maximum absolute atomic E-state index is 4.46. The number of aliphatic imine (C=N–C) groups is 1. The van der Waals surface area contributed by atoms with E-state index in [2.05, 4.69) is 26.4 Å². The van der Waals surface area contributed by atoms with Gasteiger partial charge in [-0.15, -0.1) is 0 Å². The molecule has 5 heteroatoms. The molecule has 0 aromatic heterocycles. The number of unbranched alkanes of at least 4 members (excludes halogenated alkanes) is 1. The molecular formula is C15H30N4S. The van der Waals surface area contributed by atoms with E-state index >= 15 is 0 Å². The van der Waals surface area contributed by atoms with Gasteiger partial charge in [0.15, 0.2) is 5.96 Å². The van der Waals surface area contributed by atoms with Crippen molar-refractivity contribution >= 4 is 17.7 Å². The Balaban J connectivity index is 1.69. The van der Waals surface area contributed by atoms with Crippen LogP contribution in [0.5, 0.6) is 0 Å². The fourth-order valence-electron chi connectivity index (χ4n) is 3.24. The third-order valence-corrected chi connectivity index (χ3v) is 5.09. The number of thioether (sulfide) groups is 1. The molecule has 2 rings (SSSR count). The van der Waals surface area contributed by atoms with E-state index in [4.69, 9.17) is 0 Å². The lowest BCUT2D eigenvalue weighted by Gasteiger charge is -2.25. The number of nitrogens with one attached hydrogen (secondary N) is 1. The summed E-state index contributed by atoms with van der Waals surface area (Å²) in [6.07, 6.45) is 8.78. The second-order valence-corrected chi connectivity index (χ2v) is 6.79. The predicted octanol–water partition coefficient (Wildman–Crippen LogP) is 1.88. The van der Waals surface area contributed by atoms with Gasteiger partial charge < -0.3 is 10.2 Å². The van der Waals surface area contributed by atoms with Crippen molar-refractivity contribution in [3.63, 3.8) is 0 Å². The van der Waals surface area contributed by atoms with E-state index in [1.165, 1.54) is 50.9 Å². The molecule has 0 amide bonds. The first kappa shape index (κ1) is 16.0. The van der Waals surface area contributed by atoms with Gasteiger partial charge in [0.05, 0.1) is 0 Å². The van der Waals surface area contributed by atoms with E-state index in [-0.39, 0.29) is 0 Å². The van der Waals surface area contributed by atoms with Gasteiger partial charge in [-0.2, -0.15) is 11.8 Å². The van der Waals surface area contributed by atoms with Crippen molar-refractivity contribution in [2.45, 2.75) is 38.1 Å². The van der Waals surface area contributed by atoms with Crippen LogP contribution in [0.2, 0.25) is 0 Å². The second-order valence-electron chi connectivity index (χ2n) is 5.81. The molecule has 4 nitrogen and oxygen atoms in total. The maximum atomic E-state index is 4.46. The summed E-state index contributed by atoms with van der Waals surface area (Å²) in [5.74, 6) is 2.37. The van der Waals surface area contributed by atoms with Gasteiger partial charge >= 0.3 is 0 Å². The molecule has 1 unspecified atom stereocenters. The number of nitrogens with zero attached hydrogens (tertiary/aromatic N) is 3. The fraction of sp³-hybridized carbons (Fsp3) is 0.933. The molecule has 1 N–H and O–H groups in total. The molecule has 2 fully saturated rings. The van der Waals surface area contributed by atoms with E-state index in [1.54, 1.807) is 0 Å². The highest BCUT2D eigenvalue weighted by Gasteiger charge is 2.30. The molecule has 0 saturated carbocycles. The topological polar surface area (TPSA) is 30.9 Å². The van der Waals surface area contributed by atoms with Crippen LogP contribution >= 0.6 is 11.8 Å². The minimum absolute atomic E-state index is 0.757. The average Bonchev–Trinajstić information content (AvgIpc) is 3.12. The molecule has 1 atom stereocenters. The summed E-state index contributed by atoms with van der Waals surface area (Å²) in [4.78, 5) is 9.57. The zero-order chi connectivity index (χ0) is 14.2. The quantitative estimate of drug-likeness (QED) is 0.461. The van der Waals surface area contributed by atoms with Gasteiger partial charge in [-0.3, -0.25) is 9.89 Å². The molecule has 20 heavy (non-hydrogen) atoms. The van der Waals surface area contributed by atoms with Crippen LogP contribution in [0, 0.1) is 0 Å². The van der Waals surface area contributed by atoms with Crippen molar-refractivity contribution in [1.29, 1.82) is 0 Å². The zero-order valence-corrected chi connectivity index (χ0v) is 13.9.